The number of fused-ring (bicyclic) bond motifs is 4. The summed E-state index contributed by atoms with van der Waals surface area (Å²) in [7, 11) is 0. The number of halogens is 2. The molecule has 0 unspecified atom stereocenters. The topological polar surface area (TPSA) is 0 Å². The van der Waals surface area contributed by atoms with Gasteiger partial charge in [0.25, 0.3) is 0 Å². The molecule has 2 aliphatic rings. The minimum atomic E-state index is 0.0876. The van der Waals surface area contributed by atoms with E-state index in [1.807, 2.05) is 0 Å². The van der Waals surface area contributed by atoms with E-state index in [9.17, 15) is 0 Å². The molecule has 4 aromatic carbocycles. The highest BCUT2D eigenvalue weighted by Crippen LogP contribution is 2.43. The molecule has 0 N–H and O–H groups in total. The van der Waals surface area contributed by atoms with Gasteiger partial charge in [-0.25, -0.2) is 0 Å². The van der Waals surface area contributed by atoms with Crippen molar-refractivity contribution < 1.29 is 0 Å². The summed E-state index contributed by atoms with van der Waals surface area (Å²) in [6.07, 6.45) is 2.10. The van der Waals surface area contributed by atoms with E-state index < -0.39 is 0 Å². The second kappa shape index (κ2) is 8.81. The molecule has 0 fully saturated rings. The summed E-state index contributed by atoms with van der Waals surface area (Å²) in [4.78, 5) is 0. The average molecular weight is 574 g/mol. The molecule has 2 aliphatic carbocycles. The van der Waals surface area contributed by atoms with Gasteiger partial charge < -0.3 is 0 Å². The Balaban J connectivity index is 0.000000142. The Bertz CT molecular complexity index is 1280. The lowest BCUT2D eigenvalue weighted by Gasteiger charge is -2.35. The van der Waals surface area contributed by atoms with Crippen molar-refractivity contribution >= 4 is 31.9 Å². The Morgan fingerprint density at radius 2 is 0.824 bits per heavy atom. The molecular formula is C32H30Br2. The Morgan fingerprint density at radius 1 is 0.471 bits per heavy atom. The Labute approximate surface area is 220 Å². The zero-order valence-corrected chi connectivity index (χ0v) is 23.4. The van der Waals surface area contributed by atoms with Gasteiger partial charge in [-0.15, -0.1) is 0 Å². The maximum Gasteiger partial charge on any atom is 0.0178 e. The molecule has 34 heavy (non-hydrogen) atoms. The first-order chi connectivity index (χ1) is 16.2. The highest BCUT2D eigenvalue weighted by atomic mass is 79.9. The fourth-order valence-electron chi connectivity index (χ4n) is 5.91. The largest absolute Gasteiger partial charge is 0.0620 e. The summed E-state index contributed by atoms with van der Waals surface area (Å²) in [5, 5.41) is 0. The fraction of sp³-hybridized carbons (Fsp3) is 0.250. The number of benzene rings is 4. The molecule has 172 valence electrons. The van der Waals surface area contributed by atoms with Crippen LogP contribution in [0.1, 0.15) is 72.2 Å². The number of rotatable bonds is 0. The average Bonchev–Trinajstić information content (AvgIpc) is 2.79. The summed E-state index contributed by atoms with van der Waals surface area (Å²) in [6, 6.07) is 30.9. The van der Waals surface area contributed by atoms with Crippen LogP contribution >= 0.6 is 31.9 Å². The maximum absolute atomic E-state index is 3.57. The van der Waals surface area contributed by atoms with Crippen molar-refractivity contribution in [3.8, 4) is 0 Å². The summed E-state index contributed by atoms with van der Waals surface area (Å²) in [6.45, 7) is 9.27. The van der Waals surface area contributed by atoms with Gasteiger partial charge in [-0.2, -0.15) is 0 Å². The van der Waals surface area contributed by atoms with E-state index in [1.165, 1.54) is 44.5 Å². The molecule has 0 spiro atoms. The van der Waals surface area contributed by atoms with Crippen molar-refractivity contribution in [1.29, 1.82) is 0 Å². The zero-order chi connectivity index (χ0) is 24.1. The molecule has 0 heterocycles. The fourth-order valence-corrected chi connectivity index (χ4v) is 6.72. The molecule has 6 rings (SSSR count). The van der Waals surface area contributed by atoms with Gasteiger partial charge in [-0.1, -0.05) is 120 Å². The lowest BCUT2D eigenvalue weighted by atomic mass is 9.69. The standard InChI is InChI=1S/C16H14Br2.C16H16/c1-16(2)14-5-3-12(17)8-10(14)7-11-9-13(18)4-6-15(11)16;1-16(2)14-9-5-3-7-12(14)11-13-8-4-6-10-15(13)16/h3-6,8-9H,7H2,1-2H3;3-10H,11H2,1-2H3. The molecule has 2 heteroatoms. The summed E-state index contributed by atoms with van der Waals surface area (Å²) in [5.41, 5.74) is 11.9. The molecule has 0 saturated heterocycles. The number of hydrogen-bond acceptors (Lipinski definition) is 0. The van der Waals surface area contributed by atoms with Crippen molar-refractivity contribution in [2.45, 2.75) is 51.4 Å². The molecule has 0 aliphatic heterocycles. The lowest BCUT2D eigenvalue weighted by Crippen LogP contribution is -2.26. The molecule has 0 radical (unpaired) electrons. The van der Waals surface area contributed by atoms with Gasteiger partial charge in [0, 0.05) is 19.8 Å². The normalized spacial score (nSPS) is 16.2. The van der Waals surface area contributed by atoms with Gasteiger partial charge in [0.05, 0.1) is 0 Å². The second-order valence-corrected chi connectivity index (χ2v) is 12.4. The van der Waals surface area contributed by atoms with Crippen LogP contribution in [0.4, 0.5) is 0 Å². The van der Waals surface area contributed by atoms with Gasteiger partial charge in [-0.05, 0) is 81.6 Å². The van der Waals surface area contributed by atoms with Crippen molar-refractivity contribution in [2.24, 2.45) is 0 Å². The molecule has 0 aromatic heterocycles. The minimum absolute atomic E-state index is 0.0876. The van der Waals surface area contributed by atoms with Crippen molar-refractivity contribution in [3.05, 3.63) is 138 Å². The molecule has 4 aromatic rings. The molecule has 0 amide bonds. The van der Waals surface area contributed by atoms with Crippen LogP contribution in [-0.2, 0) is 23.7 Å². The van der Waals surface area contributed by atoms with Crippen LogP contribution in [0.15, 0.2) is 93.9 Å². The van der Waals surface area contributed by atoms with Gasteiger partial charge in [0.15, 0.2) is 0 Å². The first kappa shape index (κ1) is 23.6. The first-order valence-corrected chi connectivity index (χ1v) is 13.5. The van der Waals surface area contributed by atoms with Crippen LogP contribution in [0.3, 0.4) is 0 Å². The second-order valence-electron chi connectivity index (χ2n) is 10.5. The predicted octanol–water partition coefficient (Wildman–Crippen LogP) is 9.36. The Hall–Kier alpha value is -2.16. The first-order valence-electron chi connectivity index (χ1n) is 11.9. The van der Waals surface area contributed by atoms with Crippen molar-refractivity contribution in [2.75, 3.05) is 0 Å². The Morgan fingerprint density at radius 3 is 1.26 bits per heavy atom. The van der Waals surface area contributed by atoms with E-state index in [4.69, 9.17) is 0 Å². The van der Waals surface area contributed by atoms with E-state index in [-0.39, 0.29) is 10.8 Å². The van der Waals surface area contributed by atoms with Crippen LogP contribution < -0.4 is 0 Å². The molecule has 0 bridgehead atoms. The molecule has 0 nitrogen and oxygen atoms in total. The van der Waals surface area contributed by atoms with Crippen LogP contribution in [-0.4, -0.2) is 0 Å². The third-order valence-corrected chi connectivity index (χ3v) is 8.61. The van der Waals surface area contributed by atoms with Crippen molar-refractivity contribution in [3.63, 3.8) is 0 Å². The summed E-state index contributed by atoms with van der Waals surface area (Å²) >= 11 is 7.15. The summed E-state index contributed by atoms with van der Waals surface area (Å²) in [5.74, 6) is 0. The van der Waals surface area contributed by atoms with E-state index in [1.54, 1.807) is 0 Å². The maximum atomic E-state index is 3.57. The molecule has 0 saturated carbocycles. The van der Waals surface area contributed by atoms with Gasteiger partial charge in [0.2, 0.25) is 0 Å². The van der Waals surface area contributed by atoms with Crippen molar-refractivity contribution in [1.82, 2.24) is 0 Å². The van der Waals surface area contributed by atoms with E-state index in [0.717, 1.165) is 21.8 Å². The highest BCUT2D eigenvalue weighted by Gasteiger charge is 2.32. The van der Waals surface area contributed by atoms with Crippen LogP contribution in [0, 0.1) is 0 Å². The minimum Gasteiger partial charge on any atom is -0.0620 e. The van der Waals surface area contributed by atoms with Crippen LogP contribution in [0.2, 0.25) is 0 Å². The van der Waals surface area contributed by atoms with Gasteiger partial charge >= 0.3 is 0 Å². The third kappa shape index (κ3) is 4.10. The van der Waals surface area contributed by atoms with E-state index in [0.29, 0.717) is 0 Å². The third-order valence-electron chi connectivity index (χ3n) is 7.62. The van der Waals surface area contributed by atoms with E-state index >= 15 is 0 Å². The zero-order valence-electron chi connectivity index (χ0n) is 20.3. The molecule has 0 atom stereocenters. The number of hydrogen-bond donors (Lipinski definition) is 0. The van der Waals surface area contributed by atoms with Gasteiger partial charge in [0.1, 0.15) is 0 Å². The van der Waals surface area contributed by atoms with E-state index in [2.05, 4.69) is 144 Å². The highest BCUT2D eigenvalue weighted by molar-refractivity contribution is 9.10. The monoisotopic (exact) mass is 572 g/mol. The summed E-state index contributed by atoms with van der Waals surface area (Å²) < 4.78 is 2.32. The smallest absolute Gasteiger partial charge is 0.0178 e. The quantitative estimate of drug-likeness (QED) is 0.196. The molecular weight excluding hydrogens is 544 g/mol. The van der Waals surface area contributed by atoms with Gasteiger partial charge in [-0.3, -0.25) is 0 Å². The Kier molecular flexibility index (Phi) is 6.11. The SMILES string of the molecule is CC1(C)c2ccc(Br)cc2Cc2cc(Br)ccc21.CC1(C)c2ccccc2Cc2ccccc21. The van der Waals surface area contributed by atoms with Crippen LogP contribution in [0.25, 0.3) is 0 Å². The van der Waals surface area contributed by atoms with Crippen LogP contribution in [0.5, 0.6) is 0 Å². The lowest BCUT2D eigenvalue weighted by molar-refractivity contribution is 0.610. The predicted molar refractivity (Wildman–Crippen MR) is 151 cm³/mol.